The molecule has 0 fully saturated rings. The lowest BCUT2D eigenvalue weighted by atomic mass is 10.2. The largest absolute Gasteiger partial charge is 0.377 e. The van der Waals surface area contributed by atoms with Crippen molar-refractivity contribution in [2.24, 2.45) is 0 Å². The van der Waals surface area contributed by atoms with E-state index in [1.807, 2.05) is 53.8 Å². The Balaban J connectivity index is 2.12. The molecule has 0 heterocycles. The lowest BCUT2D eigenvalue weighted by Gasteiger charge is -2.09. The number of hydrogen-bond donors (Lipinski definition) is 1. The number of benzene rings is 2. The summed E-state index contributed by atoms with van der Waals surface area (Å²) in [7, 11) is 0. The van der Waals surface area contributed by atoms with Crippen LogP contribution in [0.5, 0.6) is 0 Å². The molecule has 0 spiro atoms. The van der Waals surface area contributed by atoms with Crippen LogP contribution < -0.4 is 5.32 Å². The summed E-state index contributed by atoms with van der Waals surface area (Å²) in [5.41, 5.74) is 2.13. The fourth-order valence-electron chi connectivity index (χ4n) is 1.83. The van der Waals surface area contributed by atoms with Crippen molar-refractivity contribution in [1.82, 2.24) is 0 Å². The maximum atomic E-state index is 13.1. The van der Waals surface area contributed by atoms with E-state index >= 15 is 0 Å². The number of carbonyl (C=O) groups is 1. The molecule has 21 heavy (non-hydrogen) atoms. The zero-order valence-electron chi connectivity index (χ0n) is 11.5. The van der Waals surface area contributed by atoms with Crippen LogP contribution in [0, 0.1) is 9.39 Å². The fraction of sp³-hybridized carbons (Fsp3) is 0.188. The van der Waals surface area contributed by atoms with Gasteiger partial charge in [0.05, 0.1) is 12.2 Å². The molecular formula is C16H15FINO2. The van der Waals surface area contributed by atoms with Crippen LogP contribution >= 0.6 is 22.6 Å². The number of carbonyl (C=O) groups excluding carboxylic acids is 1. The van der Waals surface area contributed by atoms with Crippen LogP contribution in [0.2, 0.25) is 0 Å². The van der Waals surface area contributed by atoms with Gasteiger partial charge in [-0.3, -0.25) is 4.79 Å². The molecule has 0 radical (unpaired) electrons. The van der Waals surface area contributed by atoms with E-state index in [0.29, 0.717) is 28.0 Å². The first kappa shape index (κ1) is 15.9. The van der Waals surface area contributed by atoms with Gasteiger partial charge in [0.1, 0.15) is 5.82 Å². The standard InChI is InChI=1S/C16H15FINO2/c1-2-21-10-11-4-3-5-13(8-11)19-16(20)14-7-6-12(17)9-15(14)18/h3-9H,2,10H2,1H3,(H,19,20). The van der Waals surface area contributed by atoms with E-state index in [2.05, 4.69) is 5.32 Å². The van der Waals surface area contributed by atoms with Gasteiger partial charge < -0.3 is 10.1 Å². The van der Waals surface area contributed by atoms with Gasteiger partial charge in [0.2, 0.25) is 0 Å². The first-order valence-corrected chi connectivity index (χ1v) is 7.61. The summed E-state index contributed by atoms with van der Waals surface area (Å²) >= 11 is 1.95. The maximum Gasteiger partial charge on any atom is 0.256 e. The number of anilines is 1. The molecule has 3 nitrogen and oxygen atoms in total. The summed E-state index contributed by atoms with van der Waals surface area (Å²) in [5, 5.41) is 2.81. The molecule has 0 saturated heterocycles. The summed E-state index contributed by atoms with van der Waals surface area (Å²) < 4.78 is 19.0. The Morgan fingerprint density at radius 2 is 2.10 bits per heavy atom. The van der Waals surface area contributed by atoms with Crippen LogP contribution in [0.15, 0.2) is 42.5 Å². The van der Waals surface area contributed by atoms with Crippen molar-refractivity contribution in [3.63, 3.8) is 0 Å². The van der Waals surface area contributed by atoms with Crippen LogP contribution in [0.4, 0.5) is 10.1 Å². The second-order valence-corrected chi connectivity index (χ2v) is 5.58. The normalized spacial score (nSPS) is 10.4. The molecular weight excluding hydrogens is 384 g/mol. The zero-order chi connectivity index (χ0) is 15.2. The van der Waals surface area contributed by atoms with E-state index in [1.165, 1.54) is 18.2 Å². The molecule has 2 aromatic rings. The highest BCUT2D eigenvalue weighted by Gasteiger charge is 2.11. The van der Waals surface area contributed by atoms with Crippen molar-refractivity contribution in [3.05, 3.63) is 63.0 Å². The van der Waals surface area contributed by atoms with Gasteiger partial charge in [-0.05, 0) is 65.4 Å². The first-order chi connectivity index (χ1) is 10.1. The summed E-state index contributed by atoms with van der Waals surface area (Å²) in [6, 6.07) is 11.6. The number of halogens is 2. The summed E-state index contributed by atoms with van der Waals surface area (Å²) in [5.74, 6) is -0.609. The Morgan fingerprint density at radius 1 is 1.29 bits per heavy atom. The average molecular weight is 399 g/mol. The third-order valence-corrected chi connectivity index (χ3v) is 3.73. The molecule has 1 N–H and O–H groups in total. The van der Waals surface area contributed by atoms with Gasteiger partial charge in [0.15, 0.2) is 0 Å². The highest BCUT2D eigenvalue weighted by atomic mass is 127. The summed E-state index contributed by atoms with van der Waals surface area (Å²) in [6.45, 7) is 3.08. The number of rotatable bonds is 5. The number of hydrogen-bond acceptors (Lipinski definition) is 2. The molecule has 5 heteroatoms. The quantitative estimate of drug-likeness (QED) is 0.765. The van der Waals surface area contributed by atoms with E-state index in [9.17, 15) is 9.18 Å². The Hall–Kier alpha value is -1.47. The van der Waals surface area contributed by atoms with Gasteiger partial charge in [-0.25, -0.2) is 4.39 Å². The van der Waals surface area contributed by atoms with E-state index in [-0.39, 0.29) is 11.7 Å². The van der Waals surface area contributed by atoms with E-state index < -0.39 is 0 Å². The Labute approximate surface area is 136 Å². The monoisotopic (exact) mass is 399 g/mol. The molecule has 110 valence electrons. The molecule has 0 aromatic heterocycles. The van der Waals surface area contributed by atoms with Crippen LogP contribution in [-0.4, -0.2) is 12.5 Å². The minimum Gasteiger partial charge on any atom is -0.377 e. The smallest absolute Gasteiger partial charge is 0.256 e. The molecule has 0 aliphatic rings. The molecule has 0 aliphatic carbocycles. The number of amides is 1. The van der Waals surface area contributed by atoms with E-state index in [4.69, 9.17) is 4.74 Å². The molecule has 0 aliphatic heterocycles. The summed E-state index contributed by atoms with van der Waals surface area (Å²) in [4.78, 5) is 12.2. The molecule has 0 unspecified atom stereocenters. The van der Waals surface area contributed by atoms with Gasteiger partial charge >= 0.3 is 0 Å². The van der Waals surface area contributed by atoms with Gasteiger partial charge in [-0.1, -0.05) is 12.1 Å². The lowest BCUT2D eigenvalue weighted by molar-refractivity contribution is 0.102. The third-order valence-electron chi connectivity index (χ3n) is 2.83. The molecule has 1 amide bonds. The number of nitrogens with one attached hydrogen (secondary N) is 1. The van der Waals surface area contributed by atoms with Gasteiger partial charge in [0, 0.05) is 15.9 Å². The predicted molar refractivity (Wildman–Crippen MR) is 88.8 cm³/mol. The Morgan fingerprint density at radius 3 is 2.81 bits per heavy atom. The predicted octanol–water partition coefficient (Wildman–Crippen LogP) is 4.22. The van der Waals surface area contributed by atoms with Crippen molar-refractivity contribution in [2.75, 3.05) is 11.9 Å². The zero-order valence-corrected chi connectivity index (χ0v) is 13.7. The van der Waals surface area contributed by atoms with E-state index in [1.54, 1.807) is 0 Å². The van der Waals surface area contributed by atoms with Crippen molar-refractivity contribution in [1.29, 1.82) is 0 Å². The van der Waals surface area contributed by atoms with Crippen LogP contribution in [-0.2, 0) is 11.3 Å². The third kappa shape index (κ3) is 4.50. The van der Waals surface area contributed by atoms with Gasteiger partial charge in [0.25, 0.3) is 5.91 Å². The highest BCUT2D eigenvalue weighted by molar-refractivity contribution is 14.1. The second-order valence-electron chi connectivity index (χ2n) is 4.42. The van der Waals surface area contributed by atoms with E-state index in [0.717, 1.165) is 5.56 Å². The fourth-order valence-corrected chi connectivity index (χ4v) is 2.55. The molecule has 0 bridgehead atoms. The first-order valence-electron chi connectivity index (χ1n) is 6.53. The van der Waals surface area contributed by atoms with Crippen LogP contribution in [0.25, 0.3) is 0 Å². The second kappa shape index (κ2) is 7.51. The van der Waals surface area contributed by atoms with Gasteiger partial charge in [-0.15, -0.1) is 0 Å². The van der Waals surface area contributed by atoms with Gasteiger partial charge in [-0.2, -0.15) is 0 Å². The minimum absolute atomic E-state index is 0.257. The number of ether oxygens (including phenoxy) is 1. The van der Waals surface area contributed by atoms with Crippen LogP contribution in [0.1, 0.15) is 22.8 Å². The Kier molecular flexibility index (Phi) is 5.69. The highest BCUT2D eigenvalue weighted by Crippen LogP contribution is 2.17. The molecule has 0 atom stereocenters. The summed E-state index contributed by atoms with van der Waals surface area (Å²) in [6.07, 6.45) is 0. The lowest BCUT2D eigenvalue weighted by Crippen LogP contribution is -2.13. The molecule has 2 rings (SSSR count). The maximum absolute atomic E-state index is 13.1. The van der Waals surface area contributed by atoms with Crippen molar-refractivity contribution in [2.45, 2.75) is 13.5 Å². The van der Waals surface area contributed by atoms with Crippen molar-refractivity contribution >= 4 is 34.2 Å². The topological polar surface area (TPSA) is 38.3 Å². The van der Waals surface area contributed by atoms with Crippen molar-refractivity contribution in [3.8, 4) is 0 Å². The average Bonchev–Trinajstić information content (AvgIpc) is 2.45. The van der Waals surface area contributed by atoms with Crippen molar-refractivity contribution < 1.29 is 13.9 Å². The molecule has 2 aromatic carbocycles. The minimum atomic E-state index is -0.352. The Bertz CT molecular complexity index is 646. The molecule has 0 saturated carbocycles. The van der Waals surface area contributed by atoms with Crippen LogP contribution in [0.3, 0.4) is 0 Å². The SMILES string of the molecule is CCOCc1cccc(NC(=O)c2ccc(F)cc2I)c1.